The molecule has 1 N–H and O–H groups in total. The quantitative estimate of drug-likeness (QED) is 0.923. The summed E-state index contributed by atoms with van der Waals surface area (Å²) < 4.78 is 5.77. The number of benzene rings is 1. The highest BCUT2D eigenvalue weighted by Crippen LogP contribution is 2.27. The maximum Gasteiger partial charge on any atom is 0.326 e. The molecule has 0 radical (unpaired) electrons. The molecule has 1 aliphatic rings. The van der Waals surface area contributed by atoms with Gasteiger partial charge in [-0.3, -0.25) is 4.79 Å². The van der Waals surface area contributed by atoms with Gasteiger partial charge in [-0.25, -0.2) is 4.79 Å². The number of carbonyl (C=O) groups is 2. The third-order valence-electron chi connectivity index (χ3n) is 3.20. The molecule has 1 saturated heterocycles. The lowest BCUT2D eigenvalue weighted by Crippen LogP contribution is -2.40. The topological polar surface area (TPSA) is 66.8 Å². The van der Waals surface area contributed by atoms with Crippen molar-refractivity contribution in [3.63, 3.8) is 0 Å². The van der Waals surface area contributed by atoms with Crippen molar-refractivity contribution < 1.29 is 19.4 Å². The van der Waals surface area contributed by atoms with Gasteiger partial charge in [0.2, 0.25) is 0 Å². The summed E-state index contributed by atoms with van der Waals surface area (Å²) in [5, 5.41) is 9.09. The maximum absolute atomic E-state index is 12.3. The molecule has 1 atom stereocenters. The second-order valence-corrected chi connectivity index (χ2v) is 5.20. The van der Waals surface area contributed by atoms with E-state index in [0.717, 1.165) is 6.42 Å². The van der Waals surface area contributed by atoms with Gasteiger partial charge in [-0.05, 0) is 47.0 Å². The van der Waals surface area contributed by atoms with Gasteiger partial charge in [0.1, 0.15) is 11.8 Å². The molecular formula is C13H14BrNO4. The van der Waals surface area contributed by atoms with Crippen molar-refractivity contribution in [2.24, 2.45) is 0 Å². The van der Waals surface area contributed by atoms with Crippen LogP contribution in [0.15, 0.2) is 22.7 Å². The molecule has 0 aromatic heterocycles. The maximum atomic E-state index is 12.3. The molecule has 0 aliphatic carbocycles. The number of halogens is 1. The smallest absolute Gasteiger partial charge is 0.326 e. The van der Waals surface area contributed by atoms with Gasteiger partial charge in [0.15, 0.2) is 0 Å². The SMILES string of the molecule is COc1ccc(C(=O)N2CCCC2C(=O)O)cc1Br. The number of aliphatic carboxylic acids is 1. The van der Waals surface area contributed by atoms with Crippen LogP contribution in [0.5, 0.6) is 5.75 Å². The number of nitrogens with zero attached hydrogens (tertiary/aromatic N) is 1. The van der Waals surface area contributed by atoms with Crippen LogP contribution >= 0.6 is 15.9 Å². The average molecular weight is 328 g/mol. The van der Waals surface area contributed by atoms with Crippen LogP contribution < -0.4 is 4.74 Å². The van der Waals surface area contributed by atoms with Gasteiger partial charge >= 0.3 is 5.97 Å². The molecule has 1 aliphatic heterocycles. The highest BCUT2D eigenvalue weighted by atomic mass is 79.9. The number of carbonyl (C=O) groups excluding carboxylic acids is 1. The van der Waals surface area contributed by atoms with Crippen molar-refractivity contribution in [1.29, 1.82) is 0 Å². The van der Waals surface area contributed by atoms with Crippen molar-refractivity contribution in [1.82, 2.24) is 4.90 Å². The minimum atomic E-state index is -0.946. The molecule has 5 nitrogen and oxygen atoms in total. The second-order valence-electron chi connectivity index (χ2n) is 4.34. The van der Waals surface area contributed by atoms with E-state index in [1.807, 2.05) is 0 Å². The third-order valence-corrected chi connectivity index (χ3v) is 3.82. The molecule has 2 rings (SSSR count). The Hall–Kier alpha value is -1.56. The normalized spacial score (nSPS) is 18.4. The molecule has 1 fully saturated rings. The van der Waals surface area contributed by atoms with Crippen LogP contribution in [-0.2, 0) is 4.79 Å². The van der Waals surface area contributed by atoms with E-state index < -0.39 is 12.0 Å². The van der Waals surface area contributed by atoms with E-state index >= 15 is 0 Å². The van der Waals surface area contributed by atoms with Crippen LogP contribution in [0.3, 0.4) is 0 Å². The Morgan fingerprint density at radius 1 is 1.47 bits per heavy atom. The minimum absolute atomic E-state index is 0.256. The van der Waals surface area contributed by atoms with Crippen molar-refractivity contribution in [3.8, 4) is 5.75 Å². The number of carboxylic acid groups (broad SMARTS) is 1. The monoisotopic (exact) mass is 327 g/mol. The summed E-state index contributed by atoms with van der Waals surface area (Å²) in [5.41, 5.74) is 0.459. The first kappa shape index (κ1) is 13.9. The number of likely N-dealkylation sites (tertiary alicyclic amines) is 1. The Morgan fingerprint density at radius 2 is 2.21 bits per heavy atom. The zero-order chi connectivity index (χ0) is 14.0. The molecule has 0 saturated carbocycles. The molecular weight excluding hydrogens is 314 g/mol. The Bertz CT molecular complexity index is 517. The van der Waals surface area contributed by atoms with Crippen LogP contribution in [0.2, 0.25) is 0 Å². The van der Waals surface area contributed by atoms with Crippen LogP contribution in [0, 0.1) is 0 Å². The summed E-state index contributed by atoms with van der Waals surface area (Å²) in [5.74, 6) is -0.570. The van der Waals surface area contributed by atoms with Gasteiger partial charge in [-0.2, -0.15) is 0 Å². The van der Waals surface area contributed by atoms with E-state index in [9.17, 15) is 9.59 Å². The van der Waals surface area contributed by atoms with Gasteiger partial charge in [0, 0.05) is 12.1 Å². The van der Waals surface area contributed by atoms with Crippen LogP contribution in [-0.4, -0.2) is 41.6 Å². The first-order chi connectivity index (χ1) is 9.04. The predicted molar refractivity (Wildman–Crippen MR) is 72.4 cm³/mol. The number of rotatable bonds is 3. The summed E-state index contributed by atoms with van der Waals surface area (Å²) in [6, 6.07) is 4.26. The van der Waals surface area contributed by atoms with Crippen molar-refractivity contribution in [2.45, 2.75) is 18.9 Å². The van der Waals surface area contributed by atoms with E-state index in [2.05, 4.69) is 15.9 Å². The second kappa shape index (κ2) is 5.61. The zero-order valence-corrected chi connectivity index (χ0v) is 12.0. The van der Waals surface area contributed by atoms with Gasteiger partial charge in [-0.15, -0.1) is 0 Å². The molecule has 1 aromatic carbocycles. The molecule has 0 spiro atoms. The van der Waals surface area contributed by atoms with Crippen LogP contribution in [0.4, 0.5) is 0 Å². The van der Waals surface area contributed by atoms with E-state index in [1.165, 1.54) is 4.90 Å². The number of methoxy groups -OCH3 is 1. The molecule has 6 heteroatoms. The predicted octanol–water partition coefficient (Wildman–Crippen LogP) is 2.15. The summed E-state index contributed by atoms with van der Waals surface area (Å²) in [6.45, 7) is 0.486. The minimum Gasteiger partial charge on any atom is -0.496 e. The third kappa shape index (κ3) is 2.73. The van der Waals surface area contributed by atoms with E-state index in [0.29, 0.717) is 28.8 Å². The largest absolute Gasteiger partial charge is 0.496 e. The summed E-state index contributed by atoms with van der Waals surface area (Å²) in [6.07, 6.45) is 1.23. The number of hydrogen-bond donors (Lipinski definition) is 1. The fourth-order valence-corrected chi connectivity index (χ4v) is 2.77. The number of ether oxygens (including phenoxy) is 1. The number of hydrogen-bond acceptors (Lipinski definition) is 3. The first-order valence-electron chi connectivity index (χ1n) is 5.92. The van der Waals surface area contributed by atoms with Crippen molar-refractivity contribution >= 4 is 27.8 Å². The zero-order valence-electron chi connectivity index (χ0n) is 10.4. The number of amides is 1. The summed E-state index contributed by atoms with van der Waals surface area (Å²) in [4.78, 5) is 24.8. The van der Waals surface area contributed by atoms with Gasteiger partial charge in [0.05, 0.1) is 11.6 Å². The van der Waals surface area contributed by atoms with Crippen molar-refractivity contribution in [2.75, 3.05) is 13.7 Å². The standard InChI is InChI=1S/C13H14BrNO4/c1-19-11-5-4-8(7-9(11)14)12(16)15-6-2-3-10(15)13(17)18/h4-5,7,10H,2-3,6H2,1H3,(H,17,18). The molecule has 0 bridgehead atoms. The summed E-state index contributed by atoms with van der Waals surface area (Å²) in [7, 11) is 1.54. The lowest BCUT2D eigenvalue weighted by Gasteiger charge is -2.21. The highest BCUT2D eigenvalue weighted by Gasteiger charge is 2.34. The molecule has 1 heterocycles. The Kier molecular flexibility index (Phi) is 4.09. The van der Waals surface area contributed by atoms with Crippen LogP contribution in [0.25, 0.3) is 0 Å². The van der Waals surface area contributed by atoms with E-state index in [-0.39, 0.29) is 5.91 Å². The van der Waals surface area contributed by atoms with Crippen LogP contribution in [0.1, 0.15) is 23.2 Å². The first-order valence-corrected chi connectivity index (χ1v) is 6.71. The fourth-order valence-electron chi connectivity index (χ4n) is 2.23. The molecule has 19 heavy (non-hydrogen) atoms. The van der Waals surface area contributed by atoms with Gasteiger partial charge < -0.3 is 14.7 Å². The molecule has 1 aromatic rings. The fraction of sp³-hybridized carbons (Fsp3) is 0.385. The Morgan fingerprint density at radius 3 is 2.79 bits per heavy atom. The van der Waals surface area contributed by atoms with Gasteiger partial charge in [-0.1, -0.05) is 0 Å². The van der Waals surface area contributed by atoms with E-state index in [1.54, 1.807) is 25.3 Å². The van der Waals surface area contributed by atoms with Crippen molar-refractivity contribution in [3.05, 3.63) is 28.2 Å². The Labute approximate surface area is 119 Å². The molecule has 102 valence electrons. The molecule has 1 amide bonds. The van der Waals surface area contributed by atoms with Gasteiger partial charge in [0.25, 0.3) is 5.91 Å². The summed E-state index contributed by atoms with van der Waals surface area (Å²) >= 11 is 3.32. The molecule has 1 unspecified atom stereocenters. The Balaban J connectivity index is 2.24. The number of carboxylic acids is 1. The lowest BCUT2D eigenvalue weighted by molar-refractivity contribution is -0.141. The highest BCUT2D eigenvalue weighted by molar-refractivity contribution is 9.10. The lowest BCUT2D eigenvalue weighted by atomic mass is 10.1. The van der Waals surface area contributed by atoms with E-state index in [4.69, 9.17) is 9.84 Å². The average Bonchev–Trinajstić information content (AvgIpc) is 2.87.